The highest BCUT2D eigenvalue weighted by atomic mass is 16.3. The van der Waals surface area contributed by atoms with Gasteiger partial charge in [-0.1, -0.05) is 19.4 Å². The van der Waals surface area contributed by atoms with E-state index in [2.05, 4.69) is 13.8 Å². The van der Waals surface area contributed by atoms with Crippen LogP contribution in [0.3, 0.4) is 0 Å². The van der Waals surface area contributed by atoms with Crippen molar-refractivity contribution in [2.24, 2.45) is 34.5 Å². The first kappa shape index (κ1) is 17.4. The van der Waals surface area contributed by atoms with Crippen molar-refractivity contribution < 1.29 is 19.8 Å². The molecule has 4 aliphatic rings. The molecule has 0 saturated heterocycles. The number of ketones is 2. The lowest BCUT2D eigenvalue weighted by Crippen LogP contribution is -2.52. The lowest BCUT2D eigenvalue weighted by molar-refractivity contribution is -0.134. The zero-order chi connectivity index (χ0) is 18.0. The van der Waals surface area contributed by atoms with Gasteiger partial charge in [0.2, 0.25) is 0 Å². The van der Waals surface area contributed by atoms with Gasteiger partial charge in [0.05, 0.1) is 6.10 Å². The molecule has 0 radical (unpaired) electrons. The van der Waals surface area contributed by atoms with Gasteiger partial charge in [0, 0.05) is 12.3 Å². The van der Waals surface area contributed by atoms with Crippen LogP contribution in [0.25, 0.3) is 0 Å². The number of hydrogen-bond acceptors (Lipinski definition) is 4. The van der Waals surface area contributed by atoms with E-state index in [1.807, 2.05) is 6.08 Å². The number of rotatable bonds is 2. The summed E-state index contributed by atoms with van der Waals surface area (Å²) in [5.74, 6) is 1.00. The maximum absolute atomic E-state index is 12.3. The van der Waals surface area contributed by atoms with E-state index in [0.29, 0.717) is 24.7 Å². The third-order valence-corrected chi connectivity index (χ3v) is 8.49. The first-order valence-corrected chi connectivity index (χ1v) is 9.87. The van der Waals surface area contributed by atoms with Crippen LogP contribution in [-0.4, -0.2) is 34.5 Å². The van der Waals surface area contributed by atoms with Gasteiger partial charge >= 0.3 is 0 Å². The van der Waals surface area contributed by atoms with Crippen molar-refractivity contribution in [2.45, 2.75) is 64.9 Å². The Labute approximate surface area is 149 Å². The molecule has 2 N–H and O–H groups in total. The van der Waals surface area contributed by atoms with Crippen molar-refractivity contribution in [3.05, 3.63) is 11.6 Å². The summed E-state index contributed by atoms with van der Waals surface area (Å²) in [6.07, 6.45) is 7.47. The minimum atomic E-state index is -0.447. The quantitative estimate of drug-likeness (QED) is 0.806. The normalized spacial score (nSPS) is 49.0. The minimum Gasteiger partial charge on any atom is -0.393 e. The van der Waals surface area contributed by atoms with Gasteiger partial charge in [-0.05, 0) is 73.2 Å². The lowest BCUT2D eigenvalue weighted by Gasteiger charge is -2.58. The van der Waals surface area contributed by atoms with Crippen LogP contribution in [0.4, 0.5) is 0 Å². The van der Waals surface area contributed by atoms with Crippen molar-refractivity contribution in [3.8, 4) is 0 Å². The van der Waals surface area contributed by atoms with Crippen molar-refractivity contribution >= 4 is 11.6 Å². The second-order valence-electron chi connectivity index (χ2n) is 9.41. The molecule has 0 aromatic heterocycles. The highest BCUT2D eigenvalue weighted by Crippen LogP contribution is 2.66. The molecule has 0 aromatic rings. The smallest absolute Gasteiger partial charge is 0.161 e. The fourth-order valence-electron chi connectivity index (χ4n) is 7.23. The van der Waals surface area contributed by atoms with Crippen molar-refractivity contribution in [1.82, 2.24) is 0 Å². The number of carbonyl (C=O) groups is 2. The molecule has 4 aliphatic carbocycles. The molecular formula is C21H30O4. The van der Waals surface area contributed by atoms with Crippen LogP contribution >= 0.6 is 0 Å². The van der Waals surface area contributed by atoms with Crippen molar-refractivity contribution in [3.63, 3.8) is 0 Å². The molecule has 138 valence electrons. The molecule has 3 saturated carbocycles. The summed E-state index contributed by atoms with van der Waals surface area (Å²) in [6.45, 7) is 4.07. The van der Waals surface area contributed by atoms with E-state index in [9.17, 15) is 19.8 Å². The van der Waals surface area contributed by atoms with E-state index < -0.39 is 12.7 Å². The summed E-state index contributed by atoms with van der Waals surface area (Å²) in [4.78, 5) is 24.2. The molecule has 3 fully saturated rings. The SMILES string of the molecule is C[C@]12CC[C@H]3[C@@H](CCC4=CC(=O)CC[C@@]43C)[C@@H]1[C@@H](O)C[C@@H]2C(=O)CO. The molecule has 0 unspecified atom stereocenters. The van der Waals surface area contributed by atoms with Gasteiger partial charge in [-0.25, -0.2) is 0 Å². The van der Waals surface area contributed by atoms with Crippen LogP contribution in [0, 0.1) is 34.5 Å². The molecule has 0 spiro atoms. The van der Waals surface area contributed by atoms with Crippen molar-refractivity contribution in [1.29, 1.82) is 0 Å². The monoisotopic (exact) mass is 346 g/mol. The highest BCUT2D eigenvalue weighted by molar-refractivity contribution is 5.91. The predicted molar refractivity (Wildman–Crippen MR) is 93.7 cm³/mol. The van der Waals surface area contributed by atoms with E-state index in [1.165, 1.54) is 5.57 Å². The van der Waals surface area contributed by atoms with Crippen LogP contribution in [0.1, 0.15) is 58.8 Å². The number of Topliss-reactive ketones (excluding diaryl/α,β-unsaturated/α-hetero) is 1. The number of carbonyl (C=O) groups excluding carboxylic acids is 2. The van der Waals surface area contributed by atoms with Gasteiger partial charge < -0.3 is 10.2 Å². The Hall–Kier alpha value is -1.00. The topological polar surface area (TPSA) is 74.6 Å². The van der Waals surface area contributed by atoms with E-state index in [-0.39, 0.29) is 34.2 Å². The van der Waals surface area contributed by atoms with Gasteiger partial charge in [-0.3, -0.25) is 9.59 Å². The maximum atomic E-state index is 12.3. The summed E-state index contributed by atoms with van der Waals surface area (Å²) in [5, 5.41) is 20.2. The standard InChI is InChI=1S/C21H30O4/c1-20-7-5-13(23)9-12(20)3-4-14-15(20)6-8-21(2)16(18(25)11-22)10-17(24)19(14)21/h9,14-17,19,22,24H,3-8,10-11H2,1-2H3/t14-,15+,16-,17+,19-,20+,21-/m1/s1. The Morgan fingerprint density at radius 1 is 1.24 bits per heavy atom. The molecular weight excluding hydrogens is 316 g/mol. The van der Waals surface area contributed by atoms with Crippen LogP contribution in [0.15, 0.2) is 11.6 Å². The number of fused-ring (bicyclic) bond motifs is 5. The molecule has 0 aromatic carbocycles. The van der Waals surface area contributed by atoms with Gasteiger partial charge in [-0.2, -0.15) is 0 Å². The second-order valence-corrected chi connectivity index (χ2v) is 9.41. The molecule has 25 heavy (non-hydrogen) atoms. The first-order valence-electron chi connectivity index (χ1n) is 9.87. The number of hydrogen-bond donors (Lipinski definition) is 2. The van der Waals surface area contributed by atoms with E-state index in [1.54, 1.807) is 0 Å². The summed E-state index contributed by atoms with van der Waals surface area (Å²) >= 11 is 0. The Morgan fingerprint density at radius 2 is 2.00 bits per heavy atom. The zero-order valence-corrected chi connectivity index (χ0v) is 15.3. The van der Waals surface area contributed by atoms with Crippen LogP contribution in [0.5, 0.6) is 0 Å². The molecule has 0 bridgehead atoms. The zero-order valence-electron chi connectivity index (χ0n) is 15.3. The molecule has 0 aliphatic heterocycles. The predicted octanol–water partition coefficient (Wildman–Crippen LogP) is 2.67. The lowest BCUT2D eigenvalue weighted by atomic mass is 9.46. The van der Waals surface area contributed by atoms with E-state index in [0.717, 1.165) is 32.1 Å². The summed E-state index contributed by atoms with van der Waals surface area (Å²) < 4.78 is 0. The van der Waals surface area contributed by atoms with Crippen LogP contribution < -0.4 is 0 Å². The van der Waals surface area contributed by atoms with Gasteiger partial charge in [0.1, 0.15) is 6.61 Å². The fourth-order valence-corrected chi connectivity index (χ4v) is 7.23. The minimum absolute atomic E-state index is 0.0803. The Kier molecular flexibility index (Phi) is 4.01. The van der Waals surface area contributed by atoms with E-state index in [4.69, 9.17) is 0 Å². The molecule has 7 atom stereocenters. The van der Waals surface area contributed by atoms with Crippen LogP contribution in [0.2, 0.25) is 0 Å². The van der Waals surface area contributed by atoms with Gasteiger partial charge in [-0.15, -0.1) is 0 Å². The average Bonchev–Trinajstić information content (AvgIpc) is 2.86. The second kappa shape index (κ2) is 5.75. The molecule has 0 heterocycles. The number of allylic oxidation sites excluding steroid dienone is 1. The third-order valence-electron chi connectivity index (χ3n) is 8.49. The molecule has 4 heteroatoms. The summed E-state index contributed by atoms with van der Waals surface area (Å²) in [6, 6.07) is 0. The Balaban J connectivity index is 1.69. The first-order chi connectivity index (χ1) is 11.8. The molecule has 0 amide bonds. The van der Waals surface area contributed by atoms with E-state index >= 15 is 0 Å². The fraction of sp³-hybridized carbons (Fsp3) is 0.810. The molecule has 4 nitrogen and oxygen atoms in total. The average molecular weight is 346 g/mol. The van der Waals surface area contributed by atoms with Crippen molar-refractivity contribution in [2.75, 3.05) is 6.61 Å². The maximum Gasteiger partial charge on any atom is 0.161 e. The number of aliphatic hydroxyl groups excluding tert-OH is 2. The third kappa shape index (κ3) is 2.33. The number of aliphatic hydroxyl groups is 2. The largest absolute Gasteiger partial charge is 0.393 e. The highest BCUT2D eigenvalue weighted by Gasteiger charge is 2.62. The van der Waals surface area contributed by atoms with Gasteiger partial charge in [0.25, 0.3) is 0 Å². The Bertz CT molecular complexity index is 638. The van der Waals surface area contributed by atoms with Gasteiger partial charge in [0.15, 0.2) is 11.6 Å². The van der Waals surface area contributed by atoms with Crippen LogP contribution in [-0.2, 0) is 9.59 Å². The summed E-state index contributed by atoms with van der Waals surface area (Å²) in [7, 11) is 0. The Morgan fingerprint density at radius 3 is 2.72 bits per heavy atom. The molecule has 4 rings (SSSR count). The summed E-state index contributed by atoms with van der Waals surface area (Å²) in [5.41, 5.74) is 1.21.